The summed E-state index contributed by atoms with van der Waals surface area (Å²) in [6.07, 6.45) is 0. The molecule has 2 N–H and O–H groups in total. The normalized spacial score (nSPS) is 11.3. The monoisotopic (exact) mass is 487 g/mol. The van der Waals surface area contributed by atoms with Crippen molar-refractivity contribution in [2.45, 2.75) is 18.7 Å². The quantitative estimate of drug-likeness (QED) is 0.468. The van der Waals surface area contributed by atoms with Gasteiger partial charge in [-0.05, 0) is 53.9 Å². The first-order valence-electron chi connectivity index (χ1n) is 10.2. The number of sulfonamides is 1. The summed E-state index contributed by atoms with van der Waals surface area (Å²) in [6, 6.07) is 14.5. The van der Waals surface area contributed by atoms with E-state index in [-0.39, 0.29) is 22.1 Å². The van der Waals surface area contributed by atoms with E-state index in [1.165, 1.54) is 41.0 Å². The Bertz CT molecular complexity index is 1220. The summed E-state index contributed by atoms with van der Waals surface area (Å²) in [5.74, 6) is -0.504. The molecular formula is C23H25N3O5S2. The van der Waals surface area contributed by atoms with E-state index in [1.807, 2.05) is 5.38 Å². The van der Waals surface area contributed by atoms with Crippen molar-refractivity contribution in [1.82, 2.24) is 4.31 Å². The number of methoxy groups -OCH3 is 1. The molecule has 0 aliphatic rings. The van der Waals surface area contributed by atoms with Crippen LogP contribution in [0.2, 0.25) is 0 Å². The van der Waals surface area contributed by atoms with Gasteiger partial charge in [-0.2, -0.15) is 4.31 Å². The zero-order valence-electron chi connectivity index (χ0n) is 18.5. The van der Waals surface area contributed by atoms with E-state index in [9.17, 15) is 18.0 Å². The summed E-state index contributed by atoms with van der Waals surface area (Å²) in [6.45, 7) is 4.09. The highest BCUT2D eigenvalue weighted by atomic mass is 32.2. The van der Waals surface area contributed by atoms with Gasteiger partial charge in [-0.25, -0.2) is 8.42 Å². The molecule has 0 bridgehead atoms. The SMILES string of the molecule is CCN(CC)S(=O)(=O)c1cc(C(=O)Nc2ccc(NC(=O)c3cccs3)cc2)ccc1OC. The van der Waals surface area contributed by atoms with Gasteiger partial charge in [0.1, 0.15) is 10.6 Å². The van der Waals surface area contributed by atoms with Gasteiger partial charge < -0.3 is 15.4 Å². The molecule has 0 fully saturated rings. The minimum absolute atomic E-state index is 0.0620. The molecule has 0 spiro atoms. The Hall–Kier alpha value is -3.21. The van der Waals surface area contributed by atoms with Crippen molar-refractivity contribution in [2.24, 2.45) is 0 Å². The molecule has 2 aromatic carbocycles. The number of rotatable bonds is 9. The lowest BCUT2D eigenvalue weighted by Gasteiger charge is -2.20. The predicted octanol–water partition coefficient (Wildman–Crippen LogP) is 4.29. The van der Waals surface area contributed by atoms with Crippen LogP contribution in [-0.2, 0) is 10.0 Å². The molecular weight excluding hydrogens is 462 g/mol. The van der Waals surface area contributed by atoms with Crippen LogP contribution in [0.25, 0.3) is 0 Å². The highest BCUT2D eigenvalue weighted by molar-refractivity contribution is 7.89. The van der Waals surface area contributed by atoms with Crippen LogP contribution in [0.5, 0.6) is 5.75 Å². The number of hydrogen-bond acceptors (Lipinski definition) is 6. The lowest BCUT2D eigenvalue weighted by Crippen LogP contribution is -2.31. The van der Waals surface area contributed by atoms with Crippen LogP contribution >= 0.6 is 11.3 Å². The number of nitrogens with one attached hydrogen (secondary N) is 2. The number of benzene rings is 2. The maximum Gasteiger partial charge on any atom is 0.265 e. The minimum atomic E-state index is -3.82. The summed E-state index contributed by atoms with van der Waals surface area (Å²) in [7, 11) is -2.44. The van der Waals surface area contributed by atoms with E-state index < -0.39 is 15.9 Å². The largest absolute Gasteiger partial charge is 0.495 e. The Morgan fingerprint density at radius 3 is 2.06 bits per heavy atom. The molecule has 2 amide bonds. The van der Waals surface area contributed by atoms with Gasteiger partial charge in [0.05, 0.1) is 12.0 Å². The van der Waals surface area contributed by atoms with Gasteiger partial charge in [0.15, 0.2) is 0 Å². The summed E-state index contributed by atoms with van der Waals surface area (Å²) < 4.78 is 32.5. The second kappa shape index (κ2) is 10.6. The summed E-state index contributed by atoms with van der Waals surface area (Å²) >= 11 is 1.35. The van der Waals surface area contributed by atoms with Gasteiger partial charge in [0, 0.05) is 30.0 Å². The summed E-state index contributed by atoms with van der Waals surface area (Å²) in [4.78, 5) is 25.5. The van der Waals surface area contributed by atoms with E-state index in [0.717, 1.165) is 0 Å². The van der Waals surface area contributed by atoms with Crippen molar-refractivity contribution in [3.05, 3.63) is 70.4 Å². The fourth-order valence-electron chi connectivity index (χ4n) is 3.16. The Morgan fingerprint density at radius 1 is 0.939 bits per heavy atom. The Morgan fingerprint density at radius 2 is 1.55 bits per heavy atom. The van der Waals surface area contributed by atoms with Crippen LogP contribution in [0, 0.1) is 0 Å². The molecule has 0 saturated heterocycles. The molecule has 174 valence electrons. The van der Waals surface area contributed by atoms with Crippen molar-refractivity contribution < 1.29 is 22.7 Å². The maximum atomic E-state index is 13.0. The third-order valence-corrected chi connectivity index (χ3v) is 7.83. The number of carbonyl (C=O) groups excluding carboxylic acids is 2. The smallest absolute Gasteiger partial charge is 0.265 e. The zero-order chi connectivity index (χ0) is 24.0. The van der Waals surface area contributed by atoms with Gasteiger partial charge >= 0.3 is 0 Å². The highest BCUT2D eigenvalue weighted by Gasteiger charge is 2.26. The lowest BCUT2D eigenvalue weighted by molar-refractivity contribution is 0.102. The van der Waals surface area contributed by atoms with Crippen LogP contribution in [0.4, 0.5) is 11.4 Å². The van der Waals surface area contributed by atoms with Crippen molar-refractivity contribution in [2.75, 3.05) is 30.8 Å². The molecule has 1 heterocycles. The van der Waals surface area contributed by atoms with Gasteiger partial charge in [-0.3, -0.25) is 9.59 Å². The number of thiophene rings is 1. The Kier molecular flexibility index (Phi) is 7.85. The maximum absolute atomic E-state index is 13.0. The van der Waals surface area contributed by atoms with Crippen molar-refractivity contribution in [1.29, 1.82) is 0 Å². The number of ether oxygens (including phenoxy) is 1. The molecule has 3 aromatic rings. The molecule has 0 atom stereocenters. The first kappa shape index (κ1) is 24.4. The van der Waals surface area contributed by atoms with Crippen molar-refractivity contribution >= 4 is 44.5 Å². The fourth-order valence-corrected chi connectivity index (χ4v) is 5.42. The number of anilines is 2. The zero-order valence-corrected chi connectivity index (χ0v) is 20.1. The first-order valence-corrected chi connectivity index (χ1v) is 12.6. The van der Waals surface area contributed by atoms with Gasteiger partial charge in [-0.1, -0.05) is 19.9 Å². The lowest BCUT2D eigenvalue weighted by atomic mass is 10.2. The average molecular weight is 488 g/mol. The van der Waals surface area contributed by atoms with Gasteiger partial charge in [0.25, 0.3) is 11.8 Å². The number of amides is 2. The molecule has 0 aliphatic carbocycles. The molecule has 10 heteroatoms. The standard InChI is InChI=1S/C23H25N3O5S2/c1-4-26(5-2)33(29,30)21-15-16(8-13-19(21)31-3)22(27)24-17-9-11-18(12-10-17)25-23(28)20-7-6-14-32-20/h6-15H,4-5H2,1-3H3,(H,24,27)(H,25,28). The van der Waals surface area contributed by atoms with E-state index in [0.29, 0.717) is 29.3 Å². The fraction of sp³-hybridized carbons (Fsp3) is 0.217. The third kappa shape index (κ3) is 5.59. The number of hydrogen-bond donors (Lipinski definition) is 2. The van der Waals surface area contributed by atoms with E-state index >= 15 is 0 Å². The predicted molar refractivity (Wildman–Crippen MR) is 130 cm³/mol. The second-order valence-corrected chi connectivity index (χ2v) is 9.77. The number of carbonyl (C=O) groups is 2. The molecule has 0 aliphatic heterocycles. The van der Waals surface area contributed by atoms with Crippen LogP contribution in [0.15, 0.2) is 64.9 Å². The highest BCUT2D eigenvalue weighted by Crippen LogP contribution is 2.28. The molecule has 8 nitrogen and oxygen atoms in total. The molecule has 0 radical (unpaired) electrons. The van der Waals surface area contributed by atoms with Gasteiger partial charge in [0.2, 0.25) is 10.0 Å². The van der Waals surface area contributed by atoms with Crippen molar-refractivity contribution in [3.63, 3.8) is 0 Å². The average Bonchev–Trinajstić information content (AvgIpc) is 3.36. The van der Waals surface area contributed by atoms with E-state index in [4.69, 9.17) is 4.74 Å². The minimum Gasteiger partial charge on any atom is -0.495 e. The molecule has 33 heavy (non-hydrogen) atoms. The first-order chi connectivity index (χ1) is 15.8. The Labute approximate surface area is 197 Å². The molecule has 0 unspecified atom stereocenters. The topological polar surface area (TPSA) is 105 Å². The molecule has 1 aromatic heterocycles. The summed E-state index contributed by atoms with van der Waals surface area (Å²) in [5.41, 5.74) is 1.26. The van der Waals surface area contributed by atoms with Gasteiger partial charge in [-0.15, -0.1) is 11.3 Å². The van der Waals surface area contributed by atoms with Crippen molar-refractivity contribution in [3.8, 4) is 5.75 Å². The third-order valence-electron chi connectivity index (χ3n) is 4.89. The van der Waals surface area contributed by atoms with E-state index in [2.05, 4.69) is 10.6 Å². The van der Waals surface area contributed by atoms with Crippen LogP contribution < -0.4 is 15.4 Å². The van der Waals surface area contributed by atoms with Crippen LogP contribution in [0.1, 0.15) is 33.9 Å². The number of nitrogens with zero attached hydrogens (tertiary/aromatic N) is 1. The van der Waals surface area contributed by atoms with Crippen LogP contribution in [-0.4, -0.2) is 44.7 Å². The molecule has 3 rings (SSSR count). The van der Waals surface area contributed by atoms with Crippen LogP contribution in [0.3, 0.4) is 0 Å². The Balaban J connectivity index is 1.77. The molecule has 0 saturated carbocycles. The van der Waals surface area contributed by atoms with E-state index in [1.54, 1.807) is 50.2 Å². The summed E-state index contributed by atoms with van der Waals surface area (Å²) in [5, 5.41) is 7.35. The second-order valence-electron chi connectivity index (χ2n) is 6.92.